The molecule has 1 saturated heterocycles. The van der Waals surface area contributed by atoms with E-state index in [1.54, 1.807) is 0 Å². The van der Waals surface area contributed by atoms with Crippen LogP contribution in [-0.4, -0.2) is 40.9 Å². The zero-order valence-electron chi connectivity index (χ0n) is 7.54. The van der Waals surface area contributed by atoms with Crippen molar-refractivity contribution in [3.8, 4) is 0 Å². The average molecular weight is 229 g/mol. The zero-order valence-corrected chi connectivity index (χ0v) is 7.54. The molecule has 1 fully saturated rings. The molecule has 0 bridgehead atoms. The lowest BCUT2D eigenvalue weighted by Crippen LogP contribution is -2.29. The maximum absolute atomic E-state index is 10.6. The van der Waals surface area contributed by atoms with Gasteiger partial charge in [0.15, 0.2) is 0 Å². The van der Waals surface area contributed by atoms with Gasteiger partial charge in [-0.25, -0.2) is 4.79 Å². The number of carboxylic acids is 2. The summed E-state index contributed by atoms with van der Waals surface area (Å²) in [6.07, 6.45) is -3.30. The standard InChI is InChI=1S/C5H9NO2.C2HF3O2/c7-5(8)4-2-1-3-6-4;3-2(4,5)1(6)7/h4,6H,1-3H2,(H,7,8);(H,6,7). The van der Waals surface area contributed by atoms with Gasteiger partial charge in [-0.1, -0.05) is 0 Å². The molecule has 0 aromatic rings. The van der Waals surface area contributed by atoms with E-state index >= 15 is 0 Å². The maximum atomic E-state index is 10.6. The van der Waals surface area contributed by atoms with Crippen LogP contribution >= 0.6 is 0 Å². The molecule has 5 nitrogen and oxygen atoms in total. The lowest BCUT2D eigenvalue weighted by molar-refractivity contribution is -0.192. The van der Waals surface area contributed by atoms with Crippen LogP contribution in [0, 0.1) is 0 Å². The molecule has 0 amide bonds. The van der Waals surface area contributed by atoms with Crippen LogP contribution in [0.3, 0.4) is 0 Å². The van der Waals surface area contributed by atoms with E-state index in [0.29, 0.717) is 0 Å². The summed E-state index contributed by atoms with van der Waals surface area (Å²) in [6, 6.07) is -0.269. The summed E-state index contributed by atoms with van der Waals surface area (Å²) in [7, 11) is 0. The second-order valence-corrected chi connectivity index (χ2v) is 2.79. The minimum absolute atomic E-state index is 0.269. The number of hydrogen-bond acceptors (Lipinski definition) is 3. The molecule has 1 atom stereocenters. The molecular weight excluding hydrogens is 219 g/mol. The van der Waals surface area contributed by atoms with Gasteiger partial charge in [0.2, 0.25) is 0 Å². The van der Waals surface area contributed by atoms with Crippen molar-refractivity contribution in [1.29, 1.82) is 0 Å². The fraction of sp³-hybridized carbons (Fsp3) is 0.714. The third kappa shape index (κ3) is 5.89. The first-order chi connectivity index (χ1) is 6.75. The molecule has 1 unspecified atom stereocenters. The van der Waals surface area contributed by atoms with Crippen molar-refractivity contribution in [2.75, 3.05) is 6.54 Å². The number of rotatable bonds is 1. The lowest BCUT2D eigenvalue weighted by Gasteiger charge is -1.99. The second-order valence-electron chi connectivity index (χ2n) is 2.79. The molecular formula is C7H10F3NO4. The van der Waals surface area contributed by atoms with Gasteiger partial charge in [-0.05, 0) is 19.4 Å². The number of hydrogen-bond donors (Lipinski definition) is 3. The van der Waals surface area contributed by atoms with Crippen LogP contribution in [-0.2, 0) is 9.59 Å². The van der Waals surface area contributed by atoms with E-state index in [4.69, 9.17) is 15.0 Å². The molecule has 0 aromatic carbocycles. The minimum atomic E-state index is -5.08. The molecule has 0 aliphatic carbocycles. The Bertz CT molecular complexity index is 235. The molecule has 1 rings (SSSR count). The van der Waals surface area contributed by atoms with Crippen LogP contribution < -0.4 is 5.32 Å². The number of halogens is 3. The Hall–Kier alpha value is -1.31. The van der Waals surface area contributed by atoms with E-state index in [1.807, 2.05) is 0 Å². The third-order valence-corrected chi connectivity index (χ3v) is 1.60. The highest BCUT2D eigenvalue weighted by Gasteiger charge is 2.38. The van der Waals surface area contributed by atoms with E-state index < -0.39 is 18.1 Å². The second kappa shape index (κ2) is 5.54. The summed E-state index contributed by atoms with van der Waals surface area (Å²) in [5.41, 5.74) is 0. The highest BCUT2D eigenvalue weighted by atomic mass is 19.4. The van der Waals surface area contributed by atoms with Gasteiger partial charge in [-0.3, -0.25) is 4.79 Å². The number of carbonyl (C=O) groups is 2. The molecule has 1 aliphatic heterocycles. The van der Waals surface area contributed by atoms with Gasteiger partial charge in [-0.15, -0.1) is 0 Å². The van der Waals surface area contributed by atoms with Gasteiger partial charge in [0, 0.05) is 0 Å². The van der Waals surface area contributed by atoms with E-state index in [-0.39, 0.29) is 6.04 Å². The summed E-state index contributed by atoms with van der Waals surface area (Å²) in [5, 5.41) is 18.3. The monoisotopic (exact) mass is 229 g/mol. The van der Waals surface area contributed by atoms with E-state index in [0.717, 1.165) is 19.4 Å². The predicted molar refractivity (Wildman–Crippen MR) is 42.4 cm³/mol. The predicted octanol–water partition coefficient (Wildman–Crippen LogP) is 0.456. The topological polar surface area (TPSA) is 86.6 Å². The fourth-order valence-corrected chi connectivity index (χ4v) is 0.895. The van der Waals surface area contributed by atoms with Crippen LogP contribution in [0.5, 0.6) is 0 Å². The van der Waals surface area contributed by atoms with E-state index in [2.05, 4.69) is 5.32 Å². The van der Waals surface area contributed by atoms with Crippen LogP contribution in [0.25, 0.3) is 0 Å². The van der Waals surface area contributed by atoms with Crippen molar-refractivity contribution in [2.45, 2.75) is 25.1 Å². The maximum Gasteiger partial charge on any atom is 0.490 e. The lowest BCUT2D eigenvalue weighted by atomic mass is 10.2. The summed E-state index contributed by atoms with van der Waals surface area (Å²) < 4.78 is 31.7. The Balaban J connectivity index is 0.000000265. The van der Waals surface area contributed by atoms with Crippen LogP contribution in [0.1, 0.15) is 12.8 Å². The normalized spacial score (nSPS) is 20.3. The van der Waals surface area contributed by atoms with Gasteiger partial charge in [0.05, 0.1) is 0 Å². The third-order valence-electron chi connectivity index (χ3n) is 1.60. The largest absolute Gasteiger partial charge is 0.490 e. The van der Waals surface area contributed by atoms with E-state index in [1.165, 1.54) is 0 Å². The van der Waals surface area contributed by atoms with Crippen molar-refractivity contribution in [3.63, 3.8) is 0 Å². The van der Waals surface area contributed by atoms with Gasteiger partial charge in [-0.2, -0.15) is 13.2 Å². The number of carboxylic acid groups (broad SMARTS) is 2. The summed E-state index contributed by atoms with van der Waals surface area (Å²) in [5.74, 6) is -3.48. The quantitative estimate of drug-likeness (QED) is 0.608. The van der Waals surface area contributed by atoms with Crippen LogP contribution in [0.2, 0.25) is 0 Å². The SMILES string of the molecule is O=C(O)C(F)(F)F.O=C(O)C1CCCN1. The van der Waals surface area contributed by atoms with Gasteiger partial charge < -0.3 is 15.5 Å². The van der Waals surface area contributed by atoms with Gasteiger partial charge >= 0.3 is 18.1 Å². The number of alkyl halides is 3. The first-order valence-corrected chi connectivity index (χ1v) is 4.01. The molecule has 88 valence electrons. The molecule has 0 aromatic heterocycles. The van der Waals surface area contributed by atoms with E-state index in [9.17, 15) is 18.0 Å². The summed E-state index contributed by atoms with van der Waals surface area (Å²) in [6.45, 7) is 0.858. The summed E-state index contributed by atoms with van der Waals surface area (Å²) >= 11 is 0. The number of aliphatic carboxylic acids is 2. The molecule has 0 saturated carbocycles. The van der Waals surface area contributed by atoms with Crippen LogP contribution in [0.4, 0.5) is 13.2 Å². The smallest absolute Gasteiger partial charge is 0.480 e. The molecule has 1 aliphatic rings. The first kappa shape index (κ1) is 13.7. The minimum Gasteiger partial charge on any atom is -0.480 e. The van der Waals surface area contributed by atoms with Crippen molar-refractivity contribution < 1.29 is 33.0 Å². The Kier molecular flexibility index (Phi) is 5.06. The van der Waals surface area contributed by atoms with Gasteiger partial charge in [0.25, 0.3) is 0 Å². The number of nitrogens with one attached hydrogen (secondary N) is 1. The van der Waals surface area contributed by atoms with Crippen LogP contribution in [0.15, 0.2) is 0 Å². The Morgan fingerprint density at radius 2 is 1.73 bits per heavy atom. The first-order valence-electron chi connectivity index (χ1n) is 4.01. The summed E-state index contributed by atoms with van der Waals surface area (Å²) in [4.78, 5) is 19.0. The van der Waals surface area contributed by atoms with Crippen molar-refractivity contribution >= 4 is 11.9 Å². The highest BCUT2D eigenvalue weighted by Crippen LogP contribution is 2.13. The Labute approximate surface area is 82.9 Å². The fourth-order valence-electron chi connectivity index (χ4n) is 0.895. The van der Waals surface area contributed by atoms with Gasteiger partial charge in [0.1, 0.15) is 6.04 Å². The molecule has 15 heavy (non-hydrogen) atoms. The molecule has 8 heteroatoms. The van der Waals surface area contributed by atoms with Crippen molar-refractivity contribution in [3.05, 3.63) is 0 Å². The molecule has 0 spiro atoms. The Morgan fingerprint density at radius 3 is 1.87 bits per heavy atom. The van der Waals surface area contributed by atoms with Crippen molar-refractivity contribution in [2.24, 2.45) is 0 Å². The zero-order chi connectivity index (χ0) is 12.1. The Morgan fingerprint density at radius 1 is 1.27 bits per heavy atom. The highest BCUT2D eigenvalue weighted by molar-refractivity contribution is 5.73. The molecule has 3 N–H and O–H groups in total. The molecule has 0 radical (unpaired) electrons. The van der Waals surface area contributed by atoms with Crippen molar-refractivity contribution in [1.82, 2.24) is 5.32 Å². The average Bonchev–Trinajstić information content (AvgIpc) is 2.54. The molecule has 1 heterocycles.